The second kappa shape index (κ2) is 9.54. The van der Waals surface area contributed by atoms with Gasteiger partial charge in [-0.25, -0.2) is 0 Å². The van der Waals surface area contributed by atoms with Crippen LogP contribution in [0, 0.1) is 10.1 Å². The molecule has 0 aromatic heterocycles. The molecule has 132 valence electrons. The van der Waals surface area contributed by atoms with Crippen molar-refractivity contribution >= 4 is 11.6 Å². The number of hydrogen-bond donors (Lipinski definition) is 1. The lowest BCUT2D eigenvalue weighted by Gasteiger charge is -2.22. The third-order valence-corrected chi connectivity index (χ3v) is 4.01. The van der Waals surface area contributed by atoms with Crippen molar-refractivity contribution in [1.82, 2.24) is 4.90 Å². The van der Waals surface area contributed by atoms with Crippen molar-refractivity contribution in [1.29, 1.82) is 0 Å². The van der Waals surface area contributed by atoms with E-state index in [4.69, 9.17) is 5.73 Å². The Bertz CT molecular complexity index is 704. The summed E-state index contributed by atoms with van der Waals surface area (Å²) in [4.78, 5) is 24.6. The monoisotopic (exact) mass is 341 g/mol. The zero-order valence-electron chi connectivity index (χ0n) is 14.1. The van der Waals surface area contributed by atoms with E-state index in [0.717, 1.165) is 12.0 Å². The molecule has 0 aliphatic heterocycles. The Kier molecular flexibility index (Phi) is 7.10. The average Bonchev–Trinajstić information content (AvgIpc) is 2.64. The number of benzene rings is 2. The second-order valence-corrected chi connectivity index (χ2v) is 5.83. The van der Waals surface area contributed by atoms with Gasteiger partial charge in [0.05, 0.1) is 4.92 Å². The standard InChI is InChI=1S/C19H23N3O3/c20-12-14-21(13-11-16-5-2-1-3-6-16)19(23)10-9-17-7-4-8-18(15-17)22(24)25/h1-8,15H,9-14,20H2. The van der Waals surface area contributed by atoms with Crippen LogP contribution in [-0.4, -0.2) is 35.4 Å². The number of rotatable bonds is 9. The van der Waals surface area contributed by atoms with Gasteiger partial charge in [-0.05, 0) is 24.0 Å². The minimum absolute atomic E-state index is 0.0212. The molecule has 0 fully saturated rings. The number of nitro benzene ring substituents is 1. The van der Waals surface area contributed by atoms with Crippen molar-refractivity contribution in [3.63, 3.8) is 0 Å². The van der Waals surface area contributed by atoms with Crippen molar-refractivity contribution in [2.75, 3.05) is 19.6 Å². The van der Waals surface area contributed by atoms with Crippen molar-refractivity contribution in [2.45, 2.75) is 19.3 Å². The molecule has 2 rings (SSSR count). The molecule has 0 heterocycles. The normalized spacial score (nSPS) is 10.4. The molecular formula is C19H23N3O3. The van der Waals surface area contributed by atoms with Crippen LogP contribution in [0.15, 0.2) is 54.6 Å². The number of nitrogens with two attached hydrogens (primary N) is 1. The van der Waals surface area contributed by atoms with Crippen LogP contribution in [0.3, 0.4) is 0 Å². The zero-order valence-corrected chi connectivity index (χ0v) is 14.1. The van der Waals surface area contributed by atoms with Crippen LogP contribution < -0.4 is 5.73 Å². The van der Waals surface area contributed by atoms with E-state index in [1.54, 1.807) is 17.0 Å². The average molecular weight is 341 g/mol. The van der Waals surface area contributed by atoms with E-state index in [1.165, 1.54) is 17.7 Å². The van der Waals surface area contributed by atoms with Gasteiger partial charge in [-0.3, -0.25) is 14.9 Å². The summed E-state index contributed by atoms with van der Waals surface area (Å²) >= 11 is 0. The van der Waals surface area contributed by atoms with Crippen LogP contribution in [0.1, 0.15) is 17.5 Å². The summed E-state index contributed by atoms with van der Waals surface area (Å²) in [7, 11) is 0. The van der Waals surface area contributed by atoms with Crippen LogP contribution in [0.5, 0.6) is 0 Å². The van der Waals surface area contributed by atoms with Crippen LogP contribution >= 0.6 is 0 Å². The summed E-state index contributed by atoms with van der Waals surface area (Å²) in [5.74, 6) is 0.0212. The molecule has 1 amide bonds. The Balaban J connectivity index is 1.91. The third-order valence-electron chi connectivity index (χ3n) is 4.01. The maximum absolute atomic E-state index is 12.5. The number of carbonyl (C=O) groups is 1. The van der Waals surface area contributed by atoms with E-state index in [9.17, 15) is 14.9 Å². The number of amides is 1. The molecule has 0 saturated carbocycles. The Morgan fingerprint density at radius 2 is 1.72 bits per heavy atom. The Morgan fingerprint density at radius 3 is 2.40 bits per heavy atom. The first kappa shape index (κ1) is 18.6. The van der Waals surface area contributed by atoms with Gasteiger partial charge in [0, 0.05) is 38.2 Å². The quantitative estimate of drug-likeness (QED) is 0.561. The van der Waals surface area contributed by atoms with E-state index in [-0.39, 0.29) is 11.6 Å². The highest BCUT2D eigenvalue weighted by Crippen LogP contribution is 2.15. The summed E-state index contributed by atoms with van der Waals surface area (Å²) in [6.07, 6.45) is 1.58. The van der Waals surface area contributed by atoms with Gasteiger partial charge in [-0.2, -0.15) is 0 Å². The first-order valence-corrected chi connectivity index (χ1v) is 8.35. The molecule has 0 saturated heterocycles. The zero-order chi connectivity index (χ0) is 18.1. The largest absolute Gasteiger partial charge is 0.341 e. The highest BCUT2D eigenvalue weighted by molar-refractivity contribution is 5.76. The molecule has 6 nitrogen and oxygen atoms in total. The third kappa shape index (κ3) is 6.00. The molecule has 2 aromatic carbocycles. The van der Waals surface area contributed by atoms with Crippen molar-refractivity contribution in [3.8, 4) is 0 Å². The molecule has 25 heavy (non-hydrogen) atoms. The van der Waals surface area contributed by atoms with Crippen molar-refractivity contribution in [3.05, 3.63) is 75.8 Å². The molecule has 0 bridgehead atoms. The van der Waals surface area contributed by atoms with Gasteiger partial charge < -0.3 is 10.6 Å². The molecule has 0 aliphatic rings. The lowest BCUT2D eigenvalue weighted by Crippen LogP contribution is -2.37. The highest BCUT2D eigenvalue weighted by atomic mass is 16.6. The molecule has 2 N–H and O–H groups in total. The molecule has 0 atom stereocenters. The number of non-ortho nitro benzene ring substituents is 1. The summed E-state index contributed by atoms with van der Waals surface area (Å²) in [5.41, 5.74) is 7.64. The first-order chi connectivity index (χ1) is 12.1. The molecule has 2 aromatic rings. The summed E-state index contributed by atoms with van der Waals surface area (Å²) in [5, 5.41) is 10.8. The van der Waals surface area contributed by atoms with Crippen molar-refractivity contribution < 1.29 is 9.72 Å². The van der Waals surface area contributed by atoms with E-state index in [0.29, 0.717) is 32.5 Å². The van der Waals surface area contributed by atoms with Gasteiger partial charge in [0.25, 0.3) is 5.69 Å². The molecule has 0 spiro atoms. The Morgan fingerprint density at radius 1 is 1.00 bits per heavy atom. The minimum atomic E-state index is -0.425. The molecular weight excluding hydrogens is 318 g/mol. The number of hydrogen-bond acceptors (Lipinski definition) is 4. The number of carbonyl (C=O) groups excluding carboxylic acids is 1. The smallest absolute Gasteiger partial charge is 0.269 e. The van der Waals surface area contributed by atoms with E-state index in [2.05, 4.69) is 0 Å². The van der Waals surface area contributed by atoms with Crippen molar-refractivity contribution in [2.24, 2.45) is 5.73 Å². The summed E-state index contributed by atoms with van der Waals surface area (Å²) in [6.45, 7) is 1.55. The maximum atomic E-state index is 12.5. The van der Waals surface area contributed by atoms with Gasteiger partial charge in [-0.15, -0.1) is 0 Å². The Hall–Kier alpha value is -2.73. The summed E-state index contributed by atoms with van der Waals surface area (Å²) < 4.78 is 0. The number of nitrogens with zero attached hydrogens (tertiary/aromatic N) is 2. The second-order valence-electron chi connectivity index (χ2n) is 5.83. The van der Waals surface area contributed by atoms with Gasteiger partial charge in [-0.1, -0.05) is 42.5 Å². The minimum Gasteiger partial charge on any atom is -0.341 e. The van der Waals surface area contributed by atoms with Crippen LogP contribution in [0.25, 0.3) is 0 Å². The van der Waals surface area contributed by atoms with Crippen LogP contribution in [0.4, 0.5) is 5.69 Å². The summed E-state index contributed by atoms with van der Waals surface area (Å²) in [6, 6.07) is 16.4. The SMILES string of the molecule is NCCN(CCc1ccccc1)C(=O)CCc1cccc([N+](=O)[O-])c1. The predicted octanol–water partition coefficient (Wildman–Crippen LogP) is 2.56. The van der Waals surface area contributed by atoms with Crippen LogP contribution in [0.2, 0.25) is 0 Å². The first-order valence-electron chi connectivity index (χ1n) is 8.35. The van der Waals surface area contributed by atoms with E-state index < -0.39 is 4.92 Å². The number of aryl methyl sites for hydroxylation is 1. The van der Waals surface area contributed by atoms with E-state index in [1.807, 2.05) is 30.3 Å². The van der Waals surface area contributed by atoms with Gasteiger partial charge in [0.2, 0.25) is 5.91 Å². The highest BCUT2D eigenvalue weighted by Gasteiger charge is 2.14. The van der Waals surface area contributed by atoms with Gasteiger partial charge in [0.15, 0.2) is 0 Å². The lowest BCUT2D eigenvalue weighted by molar-refractivity contribution is -0.384. The fourth-order valence-electron chi connectivity index (χ4n) is 2.66. The maximum Gasteiger partial charge on any atom is 0.269 e. The van der Waals surface area contributed by atoms with Gasteiger partial charge >= 0.3 is 0 Å². The van der Waals surface area contributed by atoms with Crippen LogP contribution in [-0.2, 0) is 17.6 Å². The van der Waals surface area contributed by atoms with E-state index >= 15 is 0 Å². The fraction of sp³-hybridized carbons (Fsp3) is 0.316. The predicted molar refractivity (Wildman–Crippen MR) is 97.2 cm³/mol. The van der Waals surface area contributed by atoms with Gasteiger partial charge in [0.1, 0.15) is 0 Å². The topological polar surface area (TPSA) is 89.5 Å². The molecule has 0 radical (unpaired) electrons. The number of nitro groups is 1. The Labute approximate surface area is 147 Å². The fourth-order valence-corrected chi connectivity index (χ4v) is 2.66. The molecule has 0 unspecified atom stereocenters. The lowest BCUT2D eigenvalue weighted by atomic mass is 10.1. The molecule has 6 heteroatoms. The molecule has 0 aliphatic carbocycles.